The number of likely N-dealkylation sites (N-methyl/N-ethyl adjacent to an activating group) is 1. The molecule has 128 valence electrons. The number of ether oxygens (including phenoxy) is 1. The first-order chi connectivity index (χ1) is 12.1. The molecule has 3 rings (SSSR count). The Hall–Kier alpha value is -2.88. The highest BCUT2D eigenvalue weighted by Gasteiger charge is 2.27. The molecule has 4 nitrogen and oxygen atoms in total. The van der Waals surface area contributed by atoms with Crippen molar-refractivity contribution in [1.29, 1.82) is 0 Å². The average Bonchev–Trinajstić information content (AvgIpc) is 3.09. The number of rotatable bonds is 4. The van der Waals surface area contributed by atoms with Crippen molar-refractivity contribution < 1.29 is 14.3 Å². The molecule has 25 heavy (non-hydrogen) atoms. The van der Waals surface area contributed by atoms with Crippen LogP contribution in [0.25, 0.3) is 6.08 Å². The molecule has 0 aromatic heterocycles. The Balaban J connectivity index is 1.68. The van der Waals surface area contributed by atoms with Crippen LogP contribution in [-0.4, -0.2) is 30.9 Å². The number of carbonyl (C=O) groups excluding carboxylic acids is 2. The molecule has 0 saturated carbocycles. The molecular weight excluding hydrogens is 314 g/mol. The van der Waals surface area contributed by atoms with Gasteiger partial charge in [0.15, 0.2) is 0 Å². The van der Waals surface area contributed by atoms with Gasteiger partial charge in [0.25, 0.3) is 0 Å². The van der Waals surface area contributed by atoms with Crippen molar-refractivity contribution >= 4 is 18.0 Å². The molecule has 0 spiro atoms. The van der Waals surface area contributed by atoms with Gasteiger partial charge in [0, 0.05) is 13.1 Å². The number of amides is 1. The molecule has 1 amide bonds. The summed E-state index contributed by atoms with van der Waals surface area (Å²) in [7, 11) is 3.20. The van der Waals surface area contributed by atoms with Gasteiger partial charge in [-0.15, -0.1) is 0 Å². The fraction of sp³-hybridized carbons (Fsp3) is 0.238. The lowest BCUT2D eigenvalue weighted by molar-refractivity contribution is -0.126. The van der Waals surface area contributed by atoms with Crippen molar-refractivity contribution in [2.45, 2.75) is 18.9 Å². The summed E-state index contributed by atoms with van der Waals surface area (Å²) in [6.07, 6.45) is 5.31. The number of hydrogen-bond acceptors (Lipinski definition) is 3. The summed E-state index contributed by atoms with van der Waals surface area (Å²) < 4.78 is 4.67. The number of carbonyl (C=O) groups is 2. The van der Waals surface area contributed by atoms with E-state index in [4.69, 9.17) is 0 Å². The van der Waals surface area contributed by atoms with Crippen molar-refractivity contribution in [2.24, 2.45) is 0 Å². The summed E-state index contributed by atoms with van der Waals surface area (Å²) in [4.78, 5) is 25.7. The summed E-state index contributed by atoms with van der Waals surface area (Å²) in [6, 6.07) is 15.4. The summed E-state index contributed by atoms with van der Waals surface area (Å²) in [5.41, 5.74) is 3.93. The average molecular weight is 335 g/mol. The van der Waals surface area contributed by atoms with Crippen LogP contribution in [0.5, 0.6) is 0 Å². The Morgan fingerprint density at radius 2 is 1.84 bits per heavy atom. The van der Waals surface area contributed by atoms with E-state index in [9.17, 15) is 9.59 Å². The molecule has 1 atom stereocenters. The summed E-state index contributed by atoms with van der Waals surface area (Å²) >= 11 is 0. The molecule has 2 aromatic carbocycles. The Bertz CT molecular complexity index is 808. The van der Waals surface area contributed by atoms with E-state index in [0.717, 1.165) is 18.4 Å². The highest BCUT2D eigenvalue weighted by molar-refractivity contribution is 5.92. The van der Waals surface area contributed by atoms with Crippen LogP contribution < -0.4 is 0 Å². The Kier molecular flexibility index (Phi) is 4.98. The standard InChI is InChI=1S/C21H21NO3/c1-22(19-13-12-16-5-3-4-6-18(16)19)20(23)14-9-15-7-10-17(11-8-15)21(24)25-2/h3-11,14,19H,12-13H2,1-2H3/b14-9+. The Morgan fingerprint density at radius 3 is 2.56 bits per heavy atom. The minimum absolute atomic E-state index is 0.0289. The normalized spacial score (nSPS) is 15.8. The van der Waals surface area contributed by atoms with Gasteiger partial charge in [0.05, 0.1) is 18.7 Å². The van der Waals surface area contributed by atoms with Crippen LogP contribution >= 0.6 is 0 Å². The van der Waals surface area contributed by atoms with Crippen LogP contribution in [-0.2, 0) is 16.0 Å². The van der Waals surface area contributed by atoms with Gasteiger partial charge in [-0.3, -0.25) is 4.79 Å². The minimum Gasteiger partial charge on any atom is -0.465 e. The molecule has 0 bridgehead atoms. The molecule has 0 heterocycles. The SMILES string of the molecule is COC(=O)c1ccc(/C=C/C(=O)N(C)C2CCc3ccccc32)cc1. The number of aryl methyl sites for hydroxylation is 1. The second kappa shape index (κ2) is 7.34. The largest absolute Gasteiger partial charge is 0.465 e. The molecule has 0 radical (unpaired) electrons. The number of fused-ring (bicyclic) bond motifs is 1. The number of esters is 1. The van der Waals surface area contributed by atoms with Crippen LogP contribution in [0.2, 0.25) is 0 Å². The fourth-order valence-corrected chi connectivity index (χ4v) is 3.22. The van der Waals surface area contributed by atoms with E-state index >= 15 is 0 Å². The maximum Gasteiger partial charge on any atom is 0.337 e. The molecule has 0 fully saturated rings. The molecule has 1 unspecified atom stereocenters. The smallest absolute Gasteiger partial charge is 0.337 e. The summed E-state index contributed by atoms with van der Waals surface area (Å²) in [5, 5.41) is 0. The maximum absolute atomic E-state index is 12.5. The van der Waals surface area contributed by atoms with Gasteiger partial charge in [0.1, 0.15) is 0 Å². The van der Waals surface area contributed by atoms with E-state index in [1.54, 1.807) is 41.3 Å². The third-order valence-corrected chi connectivity index (χ3v) is 4.67. The zero-order chi connectivity index (χ0) is 17.8. The number of methoxy groups -OCH3 is 1. The second-order valence-corrected chi connectivity index (χ2v) is 6.15. The van der Waals surface area contributed by atoms with E-state index in [1.165, 1.54) is 18.2 Å². The lowest BCUT2D eigenvalue weighted by atomic mass is 10.1. The maximum atomic E-state index is 12.5. The van der Waals surface area contributed by atoms with Gasteiger partial charge in [-0.1, -0.05) is 36.4 Å². The van der Waals surface area contributed by atoms with Gasteiger partial charge in [-0.25, -0.2) is 4.79 Å². The number of hydrogen-bond donors (Lipinski definition) is 0. The quantitative estimate of drug-likeness (QED) is 0.633. The lowest BCUT2D eigenvalue weighted by Gasteiger charge is -2.24. The van der Waals surface area contributed by atoms with Gasteiger partial charge >= 0.3 is 5.97 Å². The molecule has 0 N–H and O–H groups in total. The predicted molar refractivity (Wildman–Crippen MR) is 97.1 cm³/mol. The number of benzene rings is 2. The van der Waals surface area contributed by atoms with Crippen molar-refractivity contribution in [3.8, 4) is 0 Å². The van der Waals surface area contributed by atoms with Crippen molar-refractivity contribution in [3.63, 3.8) is 0 Å². The van der Waals surface area contributed by atoms with Crippen molar-refractivity contribution in [2.75, 3.05) is 14.2 Å². The van der Waals surface area contributed by atoms with Gasteiger partial charge in [0.2, 0.25) is 5.91 Å². The first kappa shape index (κ1) is 17.0. The second-order valence-electron chi connectivity index (χ2n) is 6.15. The first-order valence-electron chi connectivity index (χ1n) is 8.31. The van der Waals surface area contributed by atoms with E-state index in [0.29, 0.717) is 5.56 Å². The Labute approximate surface area is 147 Å². The van der Waals surface area contributed by atoms with Crippen molar-refractivity contribution in [3.05, 3.63) is 76.9 Å². The summed E-state index contributed by atoms with van der Waals surface area (Å²) in [6.45, 7) is 0. The van der Waals surface area contributed by atoms with Crippen LogP contribution in [0.4, 0.5) is 0 Å². The zero-order valence-corrected chi connectivity index (χ0v) is 14.4. The van der Waals surface area contributed by atoms with E-state index < -0.39 is 0 Å². The molecule has 4 heteroatoms. The molecule has 1 aliphatic carbocycles. The van der Waals surface area contributed by atoms with E-state index in [2.05, 4.69) is 16.9 Å². The summed E-state index contributed by atoms with van der Waals surface area (Å²) in [5.74, 6) is -0.398. The van der Waals surface area contributed by atoms with Crippen LogP contribution in [0, 0.1) is 0 Å². The third kappa shape index (κ3) is 3.63. The van der Waals surface area contributed by atoms with Gasteiger partial charge in [-0.2, -0.15) is 0 Å². The molecular formula is C21H21NO3. The first-order valence-corrected chi connectivity index (χ1v) is 8.31. The highest BCUT2D eigenvalue weighted by Crippen LogP contribution is 2.34. The van der Waals surface area contributed by atoms with Crippen LogP contribution in [0.15, 0.2) is 54.6 Å². The third-order valence-electron chi connectivity index (χ3n) is 4.67. The topological polar surface area (TPSA) is 46.6 Å². The monoisotopic (exact) mass is 335 g/mol. The minimum atomic E-state index is -0.369. The number of nitrogens with zero attached hydrogens (tertiary/aromatic N) is 1. The lowest BCUT2D eigenvalue weighted by Crippen LogP contribution is -2.28. The van der Waals surface area contributed by atoms with Crippen LogP contribution in [0.3, 0.4) is 0 Å². The molecule has 2 aromatic rings. The molecule has 0 saturated heterocycles. The molecule has 0 aliphatic heterocycles. The van der Waals surface area contributed by atoms with Crippen LogP contribution in [0.1, 0.15) is 39.5 Å². The van der Waals surface area contributed by atoms with Crippen molar-refractivity contribution in [1.82, 2.24) is 4.90 Å². The molecule has 1 aliphatic rings. The van der Waals surface area contributed by atoms with E-state index in [1.807, 2.05) is 19.2 Å². The zero-order valence-electron chi connectivity index (χ0n) is 14.4. The van der Waals surface area contributed by atoms with Gasteiger partial charge < -0.3 is 9.64 Å². The van der Waals surface area contributed by atoms with E-state index in [-0.39, 0.29) is 17.9 Å². The Morgan fingerprint density at radius 1 is 1.12 bits per heavy atom. The van der Waals surface area contributed by atoms with Gasteiger partial charge in [-0.05, 0) is 47.7 Å². The predicted octanol–water partition coefficient (Wildman–Crippen LogP) is 3.63. The highest BCUT2D eigenvalue weighted by atomic mass is 16.5. The fourth-order valence-electron chi connectivity index (χ4n) is 3.22.